The number of anilines is 1. The fraction of sp³-hybridized carbons (Fsp3) is 0.250. The van der Waals surface area contributed by atoms with Crippen LogP contribution in [0.2, 0.25) is 0 Å². The van der Waals surface area contributed by atoms with Gasteiger partial charge in [-0.15, -0.1) is 0 Å². The molecule has 210 valence electrons. The third-order valence-electron chi connectivity index (χ3n) is 5.71. The highest BCUT2D eigenvalue weighted by Gasteiger charge is 2.21. The fourth-order valence-electron chi connectivity index (χ4n) is 3.71. The van der Waals surface area contributed by atoms with Gasteiger partial charge in [-0.25, -0.2) is 4.79 Å². The van der Waals surface area contributed by atoms with Crippen LogP contribution in [0.25, 0.3) is 10.8 Å². The maximum Gasteiger partial charge on any atom is 0.407 e. The largest absolute Gasteiger partial charge is 0.445 e. The molecular formula is C28H33N7O5. The standard InChI is InChI=1S/C28H33N7O5/c29-27(30)31-14-6-11-23(26(38)34-22-13-12-20-9-4-5-10-21(20)15-22)35-25(37)17-32-24(36)16-33-28(39)40-18-19-7-2-1-3-8-19/h1-5,7-10,12-13,15,23H,6,11,14,16-18H2,(H,32,36)(H,33,39)(H,34,38)(H,35,37)(H4,29,30,31)/t23-/m0/s1. The van der Waals surface area contributed by atoms with Crippen molar-refractivity contribution >= 4 is 46.2 Å². The zero-order valence-electron chi connectivity index (χ0n) is 21.9. The first-order chi connectivity index (χ1) is 19.3. The van der Waals surface area contributed by atoms with Gasteiger partial charge in [-0.05, 0) is 41.3 Å². The van der Waals surface area contributed by atoms with Gasteiger partial charge >= 0.3 is 6.09 Å². The van der Waals surface area contributed by atoms with E-state index in [0.29, 0.717) is 18.7 Å². The van der Waals surface area contributed by atoms with Crippen molar-refractivity contribution in [3.05, 3.63) is 78.4 Å². The zero-order valence-corrected chi connectivity index (χ0v) is 21.9. The van der Waals surface area contributed by atoms with E-state index in [1.807, 2.05) is 54.6 Å². The fourth-order valence-corrected chi connectivity index (χ4v) is 3.71. The minimum atomic E-state index is -0.907. The van der Waals surface area contributed by atoms with Crippen molar-refractivity contribution in [3.63, 3.8) is 0 Å². The van der Waals surface area contributed by atoms with E-state index in [1.54, 1.807) is 18.2 Å². The summed E-state index contributed by atoms with van der Waals surface area (Å²) in [6.07, 6.45) is -0.0707. The van der Waals surface area contributed by atoms with Crippen molar-refractivity contribution in [2.24, 2.45) is 5.73 Å². The van der Waals surface area contributed by atoms with Crippen molar-refractivity contribution in [2.75, 3.05) is 25.0 Å². The number of fused-ring (bicyclic) bond motifs is 1. The molecule has 3 aromatic carbocycles. The van der Waals surface area contributed by atoms with Gasteiger partial charge in [0.2, 0.25) is 17.7 Å². The van der Waals surface area contributed by atoms with Crippen molar-refractivity contribution < 1.29 is 23.9 Å². The van der Waals surface area contributed by atoms with Gasteiger partial charge in [0.25, 0.3) is 0 Å². The van der Waals surface area contributed by atoms with E-state index in [4.69, 9.17) is 15.9 Å². The van der Waals surface area contributed by atoms with Crippen LogP contribution in [0, 0.1) is 5.41 Å². The van der Waals surface area contributed by atoms with E-state index in [9.17, 15) is 19.2 Å². The molecule has 3 rings (SSSR count). The molecule has 3 aromatic rings. The lowest BCUT2D eigenvalue weighted by Crippen LogP contribution is -2.48. The Morgan fingerprint density at radius 3 is 2.27 bits per heavy atom. The Hall–Kier alpha value is -5.13. The Bertz CT molecular complexity index is 1330. The number of alkyl carbamates (subject to hydrolysis) is 1. The summed E-state index contributed by atoms with van der Waals surface area (Å²) in [5.74, 6) is -1.81. The summed E-state index contributed by atoms with van der Waals surface area (Å²) >= 11 is 0. The molecule has 0 unspecified atom stereocenters. The van der Waals surface area contributed by atoms with Crippen LogP contribution in [0.3, 0.4) is 0 Å². The Balaban J connectivity index is 1.47. The number of rotatable bonds is 13. The summed E-state index contributed by atoms with van der Waals surface area (Å²) in [5.41, 5.74) is 6.67. The summed E-state index contributed by atoms with van der Waals surface area (Å²) in [4.78, 5) is 49.5. The number of nitrogens with two attached hydrogens (primary N) is 1. The molecule has 1 atom stereocenters. The van der Waals surface area contributed by atoms with Crippen LogP contribution in [0.5, 0.6) is 0 Å². The molecule has 8 N–H and O–H groups in total. The Morgan fingerprint density at radius 1 is 0.825 bits per heavy atom. The van der Waals surface area contributed by atoms with Crippen molar-refractivity contribution in [3.8, 4) is 0 Å². The van der Waals surface area contributed by atoms with E-state index in [-0.39, 0.29) is 25.5 Å². The maximum atomic E-state index is 13.0. The molecule has 0 aliphatic carbocycles. The average Bonchev–Trinajstić information content (AvgIpc) is 2.95. The topological polar surface area (TPSA) is 188 Å². The van der Waals surface area contributed by atoms with Gasteiger partial charge in [-0.2, -0.15) is 0 Å². The number of nitrogens with one attached hydrogen (secondary N) is 6. The third-order valence-corrected chi connectivity index (χ3v) is 5.71. The van der Waals surface area contributed by atoms with E-state index in [0.717, 1.165) is 16.3 Å². The van der Waals surface area contributed by atoms with Gasteiger partial charge in [0.1, 0.15) is 19.2 Å². The van der Waals surface area contributed by atoms with E-state index < -0.39 is 36.4 Å². The molecule has 40 heavy (non-hydrogen) atoms. The lowest BCUT2D eigenvalue weighted by molar-refractivity contribution is -0.128. The highest BCUT2D eigenvalue weighted by molar-refractivity contribution is 5.99. The Kier molecular flexibility index (Phi) is 11.3. The lowest BCUT2D eigenvalue weighted by Gasteiger charge is -2.19. The summed E-state index contributed by atoms with van der Waals surface area (Å²) in [7, 11) is 0. The first-order valence-electron chi connectivity index (χ1n) is 12.7. The average molecular weight is 548 g/mol. The van der Waals surface area contributed by atoms with Crippen molar-refractivity contribution in [1.29, 1.82) is 5.41 Å². The molecule has 12 heteroatoms. The molecule has 0 aromatic heterocycles. The molecule has 0 spiro atoms. The number of hydrogen-bond donors (Lipinski definition) is 7. The molecule has 0 saturated carbocycles. The Morgan fingerprint density at radius 2 is 1.52 bits per heavy atom. The van der Waals surface area contributed by atoms with E-state index >= 15 is 0 Å². The minimum Gasteiger partial charge on any atom is -0.445 e. The van der Waals surface area contributed by atoms with Crippen LogP contribution in [-0.4, -0.2) is 55.5 Å². The molecule has 0 radical (unpaired) electrons. The SMILES string of the molecule is N=C(N)NCCC[C@H](NC(=O)CNC(=O)CNC(=O)OCc1ccccc1)C(=O)Nc1ccc2ccccc2c1. The molecular weight excluding hydrogens is 514 g/mol. The summed E-state index contributed by atoms with van der Waals surface area (Å²) < 4.78 is 5.04. The van der Waals surface area contributed by atoms with Gasteiger partial charge < -0.3 is 37.1 Å². The number of amides is 4. The van der Waals surface area contributed by atoms with Gasteiger partial charge in [0.05, 0.1) is 6.54 Å². The zero-order chi connectivity index (χ0) is 28.7. The normalized spacial score (nSPS) is 11.1. The van der Waals surface area contributed by atoms with E-state index in [2.05, 4.69) is 26.6 Å². The highest BCUT2D eigenvalue weighted by atomic mass is 16.5. The first kappa shape index (κ1) is 29.4. The van der Waals surface area contributed by atoms with Gasteiger partial charge in [0.15, 0.2) is 5.96 Å². The van der Waals surface area contributed by atoms with Crippen LogP contribution in [0.1, 0.15) is 18.4 Å². The molecule has 0 aliphatic heterocycles. The van der Waals surface area contributed by atoms with Crippen LogP contribution in [0.4, 0.5) is 10.5 Å². The second-order valence-corrected chi connectivity index (χ2v) is 8.85. The maximum absolute atomic E-state index is 13.0. The summed E-state index contributed by atoms with van der Waals surface area (Å²) in [6.45, 7) is -0.385. The number of guanidine groups is 1. The van der Waals surface area contributed by atoms with Crippen LogP contribution in [0.15, 0.2) is 72.8 Å². The molecule has 0 bridgehead atoms. The second-order valence-electron chi connectivity index (χ2n) is 8.85. The number of carbonyl (C=O) groups excluding carboxylic acids is 4. The van der Waals surface area contributed by atoms with Gasteiger partial charge in [-0.1, -0.05) is 60.7 Å². The molecule has 4 amide bonds. The predicted molar refractivity (Wildman–Crippen MR) is 151 cm³/mol. The molecule has 0 saturated heterocycles. The molecule has 0 aliphatic rings. The minimum absolute atomic E-state index is 0.0568. The number of ether oxygens (including phenoxy) is 1. The quantitative estimate of drug-likeness (QED) is 0.0960. The summed E-state index contributed by atoms with van der Waals surface area (Å²) in [5, 5.41) is 22.1. The third kappa shape index (κ3) is 10.3. The van der Waals surface area contributed by atoms with Crippen molar-refractivity contribution in [1.82, 2.24) is 21.3 Å². The van der Waals surface area contributed by atoms with E-state index in [1.165, 1.54) is 0 Å². The van der Waals surface area contributed by atoms with Crippen molar-refractivity contribution in [2.45, 2.75) is 25.5 Å². The van der Waals surface area contributed by atoms with Crippen LogP contribution in [-0.2, 0) is 25.7 Å². The lowest BCUT2D eigenvalue weighted by atomic mass is 10.1. The molecule has 12 nitrogen and oxygen atoms in total. The number of carbonyl (C=O) groups is 4. The highest BCUT2D eigenvalue weighted by Crippen LogP contribution is 2.19. The number of hydrogen-bond acceptors (Lipinski definition) is 6. The van der Waals surface area contributed by atoms with Crippen LogP contribution < -0.4 is 32.3 Å². The van der Waals surface area contributed by atoms with Gasteiger partial charge in [-0.3, -0.25) is 19.8 Å². The van der Waals surface area contributed by atoms with Crippen LogP contribution >= 0.6 is 0 Å². The predicted octanol–water partition coefficient (Wildman–Crippen LogP) is 1.57. The molecule has 0 fully saturated rings. The van der Waals surface area contributed by atoms with Gasteiger partial charge in [0, 0.05) is 12.2 Å². The first-order valence-corrected chi connectivity index (χ1v) is 12.7. The smallest absolute Gasteiger partial charge is 0.407 e. The molecule has 0 heterocycles. The monoisotopic (exact) mass is 547 g/mol. The summed E-state index contributed by atoms with van der Waals surface area (Å²) in [6, 6.07) is 21.4. The second kappa shape index (κ2) is 15.3. The number of benzene rings is 3. The Labute approximate surface area is 231 Å².